The highest BCUT2D eigenvalue weighted by Crippen LogP contribution is 2.11. The Hall–Kier alpha value is -1.09. The largest absolute Gasteiger partial charge is 0.465 e. The molecule has 1 aromatic rings. The summed E-state index contributed by atoms with van der Waals surface area (Å²) in [5, 5.41) is 0. The van der Waals surface area contributed by atoms with Gasteiger partial charge in [-0.15, -0.1) is 11.6 Å². The number of carbonyl (C=O) groups is 1. The summed E-state index contributed by atoms with van der Waals surface area (Å²) in [7, 11) is 1.33. The van der Waals surface area contributed by atoms with E-state index in [2.05, 4.69) is 9.72 Å². The SMILES string of the molecule is COC(=O)c1ccc(C)nc1CCl. The summed E-state index contributed by atoms with van der Waals surface area (Å²) in [6, 6.07) is 3.42. The molecule has 0 amide bonds. The molecule has 0 aliphatic rings. The fourth-order valence-electron chi connectivity index (χ4n) is 1.01. The van der Waals surface area contributed by atoms with Gasteiger partial charge in [0, 0.05) is 5.69 Å². The molecule has 70 valence electrons. The molecule has 1 aromatic heterocycles. The van der Waals surface area contributed by atoms with E-state index in [4.69, 9.17) is 11.6 Å². The molecule has 4 heteroatoms. The number of aromatic nitrogens is 1. The second-order valence-corrected chi connectivity index (χ2v) is 2.84. The number of ether oxygens (including phenoxy) is 1. The lowest BCUT2D eigenvalue weighted by Crippen LogP contribution is -2.07. The summed E-state index contributed by atoms with van der Waals surface area (Å²) in [5.41, 5.74) is 1.83. The molecule has 0 radical (unpaired) electrons. The molecule has 0 N–H and O–H groups in total. The zero-order valence-electron chi connectivity index (χ0n) is 7.50. The number of nitrogens with zero attached hydrogens (tertiary/aromatic N) is 1. The molecular formula is C9H10ClNO2. The van der Waals surface area contributed by atoms with E-state index in [1.807, 2.05) is 6.92 Å². The first-order valence-electron chi connectivity index (χ1n) is 3.80. The highest BCUT2D eigenvalue weighted by Gasteiger charge is 2.11. The Morgan fingerprint density at radius 1 is 1.62 bits per heavy atom. The van der Waals surface area contributed by atoms with E-state index < -0.39 is 5.97 Å². The molecule has 0 aliphatic heterocycles. The van der Waals surface area contributed by atoms with Crippen LogP contribution in [0.2, 0.25) is 0 Å². The van der Waals surface area contributed by atoms with Crippen molar-refractivity contribution in [1.82, 2.24) is 4.98 Å². The standard InChI is InChI=1S/C9H10ClNO2/c1-6-3-4-7(9(12)13-2)8(5-10)11-6/h3-4H,5H2,1-2H3. The lowest BCUT2D eigenvalue weighted by atomic mass is 10.2. The van der Waals surface area contributed by atoms with Crippen LogP contribution < -0.4 is 0 Å². The van der Waals surface area contributed by atoms with Crippen molar-refractivity contribution in [2.24, 2.45) is 0 Å². The van der Waals surface area contributed by atoms with Crippen molar-refractivity contribution in [3.05, 3.63) is 29.1 Å². The summed E-state index contributed by atoms with van der Waals surface area (Å²) < 4.78 is 4.58. The van der Waals surface area contributed by atoms with Gasteiger partial charge in [-0.05, 0) is 19.1 Å². The van der Waals surface area contributed by atoms with Crippen LogP contribution in [-0.4, -0.2) is 18.1 Å². The topological polar surface area (TPSA) is 39.2 Å². The third-order valence-corrected chi connectivity index (χ3v) is 1.90. The van der Waals surface area contributed by atoms with Gasteiger partial charge in [-0.3, -0.25) is 4.98 Å². The highest BCUT2D eigenvalue weighted by atomic mass is 35.5. The first-order valence-corrected chi connectivity index (χ1v) is 4.33. The van der Waals surface area contributed by atoms with Gasteiger partial charge in [0.1, 0.15) is 0 Å². The van der Waals surface area contributed by atoms with E-state index in [1.54, 1.807) is 12.1 Å². The third-order valence-electron chi connectivity index (χ3n) is 1.65. The number of carbonyl (C=O) groups excluding carboxylic acids is 1. The minimum absolute atomic E-state index is 0.214. The molecule has 0 aliphatic carbocycles. The molecular weight excluding hydrogens is 190 g/mol. The molecule has 0 fully saturated rings. The predicted molar refractivity (Wildman–Crippen MR) is 49.9 cm³/mol. The molecule has 0 saturated heterocycles. The smallest absolute Gasteiger partial charge is 0.339 e. The number of pyridine rings is 1. The molecule has 0 unspecified atom stereocenters. The second kappa shape index (κ2) is 4.23. The Kier molecular flexibility index (Phi) is 3.25. The highest BCUT2D eigenvalue weighted by molar-refractivity contribution is 6.17. The van der Waals surface area contributed by atoms with Crippen LogP contribution in [0, 0.1) is 6.92 Å². The molecule has 0 atom stereocenters. The molecule has 3 nitrogen and oxygen atoms in total. The lowest BCUT2D eigenvalue weighted by molar-refractivity contribution is 0.0599. The van der Waals surface area contributed by atoms with Gasteiger partial charge in [0.25, 0.3) is 0 Å². The summed E-state index contributed by atoms with van der Waals surface area (Å²) in [5.74, 6) is -0.185. The zero-order valence-corrected chi connectivity index (χ0v) is 8.26. The monoisotopic (exact) mass is 199 g/mol. The van der Waals surface area contributed by atoms with Crippen molar-refractivity contribution in [2.75, 3.05) is 7.11 Å². The number of rotatable bonds is 2. The van der Waals surface area contributed by atoms with Gasteiger partial charge in [0.15, 0.2) is 0 Å². The van der Waals surface area contributed by atoms with Gasteiger partial charge in [0.05, 0.1) is 24.2 Å². The second-order valence-electron chi connectivity index (χ2n) is 2.57. The number of esters is 1. The van der Waals surface area contributed by atoms with Crippen LogP contribution in [-0.2, 0) is 10.6 Å². The van der Waals surface area contributed by atoms with Gasteiger partial charge in [-0.1, -0.05) is 0 Å². The van der Waals surface area contributed by atoms with Crippen molar-refractivity contribution >= 4 is 17.6 Å². The maximum atomic E-state index is 11.2. The Bertz CT molecular complexity index is 325. The van der Waals surface area contributed by atoms with E-state index in [9.17, 15) is 4.79 Å². The summed E-state index contributed by atoms with van der Waals surface area (Å²) >= 11 is 5.63. The van der Waals surface area contributed by atoms with Crippen LogP contribution >= 0.6 is 11.6 Å². The minimum Gasteiger partial charge on any atom is -0.465 e. The van der Waals surface area contributed by atoms with E-state index in [1.165, 1.54) is 7.11 Å². The van der Waals surface area contributed by atoms with E-state index >= 15 is 0 Å². The van der Waals surface area contributed by atoms with Crippen molar-refractivity contribution < 1.29 is 9.53 Å². The molecule has 1 rings (SSSR count). The van der Waals surface area contributed by atoms with Gasteiger partial charge in [-0.2, -0.15) is 0 Å². The maximum absolute atomic E-state index is 11.2. The number of alkyl halides is 1. The fraction of sp³-hybridized carbons (Fsp3) is 0.333. The molecule has 0 saturated carbocycles. The summed E-state index contributed by atoms with van der Waals surface area (Å²) in [6.07, 6.45) is 0. The number of hydrogen-bond acceptors (Lipinski definition) is 3. The van der Waals surface area contributed by atoms with Crippen molar-refractivity contribution in [2.45, 2.75) is 12.8 Å². The normalized spacial score (nSPS) is 9.77. The Labute approximate surface area is 81.7 Å². The Balaban J connectivity index is 3.13. The quantitative estimate of drug-likeness (QED) is 0.540. The van der Waals surface area contributed by atoms with E-state index in [0.717, 1.165) is 5.69 Å². The van der Waals surface area contributed by atoms with Crippen LogP contribution in [0.25, 0.3) is 0 Å². The maximum Gasteiger partial charge on any atom is 0.339 e. The first kappa shape index (κ1) is 9.99. The van der Waals surface area contributed by atoms with Gasteiger partial charge in [0.2, 0.25) is 0 Å². The van der Waals surface area contributed by atoms with Crippen LogP contribution in [0.3, 0.4) is 0 Å². The molecule has 0 spiro atoms. The number of halogens is 1. The van der Waals surface area contributed by atoms with E-state index in [0.29, 0.717) is 11.3 Å². The van der Waals surface area contributed by atoms with Crippen LogP contribution in [0.5, 0.6) is 0 Å². The first-order chi connectivity index (χ1) is 6.19. The van der Waals surface area contributed by atoms with E-state index in [-0.39, 0.29) is 5.88 Å². The Morgan fingerprint density at radius 2 is 2.31 bits per heavy atom. The zero-order chi connectivity index (χ0) is 9.84. The average molecular weight is 200 g/mol. The van der Waals surface area contributed by atoms with Crippen molar-refractivity contribution in [1.29, 1.82) is 0 Å². The van der Waals surface area contributed by atoms with Crippen LogP contribution in [0.15, 0.2) is 12.1 Å². The van der Waals surface area contributed by atoms with Crippen LogP contribution in [0.4, 0.5) is 0 Å². The summed E-state index contributed by atoms with van der Waals surface area (Å²) in [6.45, 7) is 1.84. The molecule has 0 aromatic carbocycles. The number of hydrogen-bond donors (Lipinski definition) is 0. The van der Waals surface area contributed by atoms with Crippen molar-refractivity contribution in [3.8, 4) is 0 Å². The third kappa shape index (κ3) is 2.18. The summed E-state index contributed by atoms with van der Waals surface area (Å²) in [4.78, 5) is 15.3. The fourth-order valence-corrected chi connectivity index (χ4v) is 1.21. The molecule has 0 bridgehead atoms. The van der Waals surface area contributed by atoms with Gasteiger partial charge < -0.3 is 4.74 Å². The molecule has 13 heavy (non-hydrogen) atoms. The van der Waals surface area contributed by atoms with Crippen LogP contribution in [0.1, 0.15) is 21.7 Å². The predicted octanol–water partition coefficient (Wildman–Crippen LogP) is 1.92. The number of aryl methyl sites for hydroxylation is 1. The number of methoxy groups -OCH3 is 1. The van der Waals surface area contributed by atoms with Gasteiger partial charge in [-0.25, -0.2) is 4.79 Å². The average Bonchev–Trinajstić information content (AvgIpc) is 2.16. The Morgan fingerprint density at radius 3 is 2.85 bits per heavy atom. The molecule has 1 heterocycles. The van der Waals surface area contributed by atoms with Crippen molar-refractivity contribution in [3.63, 3.8) is 0 Å². The minimum atomic E-state index is -0.400. The lowest BCUT2D eigenvalue weighted by Gasteiger charge is -2.04. The van der Waals surface area contributed by atoms with Gasteiger partial charge >= 0.3 is 5.97 Å².